The molecule has 0 aliphatic heterocycles. The fourth-order valence-electron chi connectivity index (χ4n) is 5.50. The van der Waals surface area contributed by atoms with Crippen LogP contribution in [0, 0.1) is 17.8 Å². The largest absolute Gasteiger partial charge is 0.158 e. The van der Waals surface area contributed by atoms with E-state index in [1.807, 2.05) is 6.21 Å². The van der Waals surface area contributed by atoms with Gasteiger partial charge in [-0.25, -0.2) is 0 Å². The van der Waals surface area contributed by atoms with Crippen molar-refractivity contribution in [2.45, 2.75) is 97.8 Å². The maximum atomic E-state index is 4.81. The van der Waals surface area contributed by atoms with Crippen LogP contribution in [-0.4, -0.2) is 11.9 Å². The van der Waals surface area contributed by atoms with Crippen LogP contribution >= 0.6 is 0 Å². The molecule has 184 valence electrons. The van der Waals surface area contributed by atoms with Gasteiger partial charge in [-0.1, -0.05) is 114 Å². The molecule has 1 unspecified atom stereocenters. The van der Waals surface area contributed by atoms with Crippen LogP contribution in [0.5, 0.6) is 0 Å². The Bertz CT molecular complexity index is 858. The lowest BCUT2D eigenvalue weighted by Gasteiger charge is -2.32. The number of rotatable bonds is 13. The highest BCUT2D eigenvalue weighted by Gasteiger charge is 2.28. The first-order valence-electron chi connectivity index (χ1n) is 14.0. The molecule has 0 aromatic heterocycles. The third-order valence-corrected chi connectivity index (χ3v) is 7.70. The second-order valence-corrected chi connectivity index (χ2v) is 10.4. The summed E-state index contributed by atoms with van der Waals surface area (Å²) in [6, 6.07) is 19.6. The monoisotopic (exact) mass is 458 g/mol. The summed E-state index contributed by atoms with van der Waals surface area (Å²) in [4.78, 5) is 0. The van der Waals surface area contributed by atoms with Crippen molar-refractivity contribution in [3.63, 3.8) is 0 Å². The predicted octanol–water partition coefficient (Wildman–Crippen LogP) is 9.27. The number of benzene rings is 2. The second-order valence-electron chi connectivity index (χ2n) is 10.4. The summed E-state index contributed by atoms with van der Waals surface area (Å²) in [6.45, 7) is 7.03. The molecule has 2 aromatic rings. The average molecular weight is 459 g/mol. The van der Waals surface area contributed by atoms with Gasteiger partial charge in [-0.15, -0.1) is 0 Å². The third kappa shape index (κ3) is 8.53. The molecule has 0 N–H and O–H groups in total. The molecule has 0 saturated heterocycles. The molecular weight excluding hydrogens is 412 g/mol. The van der Waals surface area contributed by atoms with Crippen LogP contribution in [0.2, 0.25) is 0 Å². The Morgan fingerprint density at radius 1 is 0.853 bits per heavy atom. The van der Waals surface area contributed by atoms with Crippen LogP contribution in [0.1, 0.15) is 108 Å². The molecule has 1 aliphatic carbocycles. The summed E-state index contributed by atoms with van der Waals surface area (Å²) in [5.74, 6) is 2.24. The van der Waals surface area contributed by atoms with Gasteiger partial charge in [0, 0.05) is 5.92 Å². The van der Waals surface area contributed by atoms with E-state index in [1.54, 1.807) is 0 Å². The van der Waals surface area contributed by atoms with Gasteiger partial charge in [0.05, 0.1) is 11.9 Å². The molecule has 1 fully saturated rings. The van der Waals surface area contributed by atoms with Crippen molar-refractivity contribution in [3.8, 4) is 0 Å². The maximum absolute atomic E-state index is 4.81. The normalized spacial score (nSPS) is 20.0. The fourth-order valence-corrected chi connectivity index (χ4v) is 5.50. The minimum Gasteiger partial charge on any atom is -0.158 e. The Morgan fingerprint density at radius 3 is 2.24 bits per heavy atom. The molecule has 1 aliphatic rings. The van der Waals surface area contributed by atoms with Gasteiger partial charge in [-0.05, 0) is 67.1 Å². The van der Waals surface area contributed by atoms with Crippen molar-refractivity contribution >= 4 is 11.9 Å². The quantitative estimate of drug-likeness (QED) is 0.162. The van der Waals surface area contributed by atoms with Crippen molar-refractivity contribution in [2.24, 2.45) is 28.0 Å². The van der Waals surface area contributed by atoms with E-state index in [-0.39, 0.29) is 0 Å². The van der Waals surface area contributed by atoms with Crippen LogP contribution in [0.25, 0.3) is 0 Å². The molecule has 34 heavy (non-hydrogen) atoms. The molecule has 1 saturated carbocycles. The first-order chi connectivity index (χ1) is 16.7. The summed E-state index contributed by atoms with van der Waals surface area (Å²) in [7, 11) is 0. The van der Waals surface area contributed by atoms with Gasteiger partial charge in [-0.3, -0.25) is 0 Å². The standard InChI is InChI=1S/C32H46N2/c1-4-6-7-8-10-14-27-17-19-28(20-18-27)25-33-34-32(30-15-11-9-12-16-30)31-23-21-29(22-24-31)26(3)13-5-2/h9,11-12,15-20,25-26,29,31H,4-8,10,13-14,21-24H2,1-3H3/t26?,29-,31-. The molecule has 0 amide bonds. The Balaban J connectivity index is 1.61. The highest BCUT2D eigenvalue weighted by molar-refractivity contribution is 6.02. The van der Waals surface area contributed by atoms with Crippen molar-refractivity contribution in [1.82, 2.24) is 0 Å². The van der Waals surface area contributed by atoms with Crippen molar-refractivity contribution < 1.29 is 0 Å². The summed E-state index contributed by atoms with van der Waals surface area (Å²) in [5, 5.41) is 9.37. The van der Waals surface area contributed by atoms with Gasteiger partial charge in [0.1, 0.15) is 0 Å². The number of unbranched alkanes of at least 4 members (excludes halogenated alkanes) is 4. The van der Waals surface area contributed by atoms with Crippen molar-refractivity contribution in [3.05, 3.63) is 71.3 Å². The lowest BCUT2D eigenvalue weighted by Crippen LogP contribution is -2.25. The van der Waals surface area contributed by atoms with Crippen LogP contribution in [0.3, 0.4) is 0 Å². The lowest BCUT2D eigenvalue weighted by molar-refractivity contribution is 0.232. The molecule has 0 spiro atoms. The van der Waals surface area contributed by atoms with E-state index in [0.717, 1.165) is 17.4 Å². The minimum absolute atomic E-state index is 0.514. The highest BCUT2D eigenvalue weighted by Crippen LogP contribution is 2.36. The third-order valence-electron chi connectivity index (χ3n) is 7.70. The SMILES string of the molecule is CCCCCCCc1ccc(C=NN=C(c2ccccc2)[C@H]2CC[C@H](C(C)CCC)CC2)cc1. The van der Waals surface area contributed by atoms with Gasteiger partial charge >= 0.3 is 0 Å². The van der Waals surface area contributed by atoms with Crippen LogP contribution in [0.4, 0.5) is 0 Å². The Hall–Kier alpha value is -2.22. The molecule has 0 radical (unpaired) electrons. The van der Waals surface area contributed by atoms with Crippen LogP contribution in [0.15, 0.2) is 64.8 Å². The van der Waals surface area contributed by atoms with E-state index < -0.39 is 0 Å². The lowest BCUT2D eigenvalue weighted by atomic mass is 9.73. The molecular formula is C32H46N2. The zero-order chi connectivity index (χ0) is 24.0. The van der Waals surface area contributed by atoms with Gasteiger partial charge in [0.25, 0.3) is 0 Å². The van der Waals surface area contributed by atoms with Gasteiger partial charge in [-0.2, -0.15) is 10.2 Å². The van der Waals surface area contributed by atoms with Gasteiger partial charge < -0.3 is 0 Å². The first-order valence-corrected chi connectivity index (χ1v) is 14.0. The highest BCUT2D eigenvalue weighted by atomic mass is 15.2. The smallest absolute Gasteiger partial charge is 0.0733 e. The predicted molar refractivity (Wildman–Crippen MR) is 149 cm³/mol. The zero-order valence-electron chi connectivity index (χ0n) is 21.9. The summed E-state index contributed by atoms with van der Waals surface area (Å²) in [6.07, 6.45) is 17.5. The van der Waals surface area contributed by atoms with Crippen molar-refractivity contribution in [2.75, 3.05) is 0 Å². The fraction of sp³-hybridized carbons (Fsp3) is 0.562. The van der Waals surface area contributed by atoms with E-state index in [2.05, 4.69) is 80.5 Å². The Morgan fingerprint density at radius 2 is 1.56 bits per heavy atom. The van der Waals surface area contributed by atoms with E-state index >= 15 is 0 Å². The molecule has 2 aromatic carbocycles. The number of nitrogens with zero attached hydrogens (tertiary/aromatic N) is 2. The molecule has 0 bridgehead atoms. The minimum atomic E-state index is 0.514. The van der Waals surface area contributed by atoms with Gasteiger partial charge in [0.2, 0.25) is 0 Å². The maximum Gasteiger partial charge on any atom is 0.0733 e. The van der Waals surface area contributed by atoms with Crippen LogP contribution < -0.4 is 0 Å². The van der Waals surface area contributed by atoms with E-state index in [1.165, 1.54) is 93.9 Å². The van der Waals surface area contributed by atoms with Crippen LogP contribution in [-0.2, 0) is 6.42 Å². The molecule has 3 rings (SSSR count). The molecule has 2 nitrogen and oxygen atoms in total. The van der Waals surface area contributed by atoms with E-state index in [4.69, 9.17) is 5.10 Å². The molecule has 0 heterocycles. The topological polar surface area (TPSA) is 24.7 Å². The van der Waals surface area contributed by atoms with Crippen molar-refractivity contribution in [1.29, 1.82) is 0 Å². The number of aryl methyl sites for hydroxylation is 1. The Labute approximate surface area is 209 Å². The number of hydrogen-bond acceptors (Lipinski definition) is 2. The average Bonchev–Trinajstić information content (AvgIpc) is 2.88. The molecule has 1 atom stereocenters. The molecule has 2 heteroatoms. The summed E-state index contributed by atoms with van der Waals surface area (Å²) < 4.78 is 0. The number of hydrogen-bond donors (Lipinski definition) is 0. The second kappa shape index (κ2) is 14.9. The Kier molecular flexibility index (Phi) is 11.6. The van der Waals surface area contributed by atoms with E-state index in [9.17, 15) is 0 Å². The zero-order valence-corrected chi connectivity index (χ0v) is 21.9. The first kappa shape index (κ1) is 26.4. The summed E-state index contributed by atoms with van der Waals surface area (Å²) in [5.41, 5.74) is 4.95. The van der Waals surface area contributed by atoms with Gasteiger partial charge in [0.15, 0.2) is 0 Å². The summed E-state index contributed by atoms with van der Waals surface area (Å²) >= 11 is 0. The van der Waals surface area contributed by atoms with E-state index in [0.29, 0.717) is 5.92 Å².